The zero-order valence-corrected chi connectivity index (χ0v) is 13.5. The van der Waals surface area contributed by atoms with Crippen LogP contribution >= 0.6 is 0 Å². The summed E-state index contributed by atoms with van der Waals surface area (Å²) in [6.07, 6.45) is -1.85. The first-order valence-electron chi connectivity index (χ1n) is 7.28. The highest BCUT2D eigenvalue weighted by Gasteiger charge is 2.35. The Hall–Kier alpha value is -3.30. The van der Waals surface area contributed by atoms with Gasteiger partial charge in [0, 0.05) is 18.1 Å². The number of carbonyl (C=O) groups excluding carboxylic acids is 1. The van der Waals surface area contributed by atoms with E-state index in [0.717, 1.165) is 12.1 Å². The number of aliphatic hydroxyl groups is 1. The van der Waals surface area contributed by atoms with Gasteiger partial charge in [-0.25, -0.2) is 0 Å². The molecular formula is C17H13F3N4O2. The second-order valence-corrected chi connectivity index (χ2v) is 5.78. The van der Waals surface area contributed by atoms with Crippen LogP contribution in [-0.4, -0.2) is 21.2 Å². The lowest BCUT2D eigenvalue weighted by atomic mass is 10.0. The molecule has 134 valence electrons. The second-order valence-electron chi connectivity index (χ2n) is 5.78. The van der Waals surface area contributed by atoms with Gasteiger partial charge in [-0.15, -0.1) is 0 Å². The summed E-state index contributed by atoms with van der Waals surface area (Å²) in [4.78, 5) is 12.2. The van der Waals surface area contributed by atoms with Crippen molar-refractivity contribution in [2.45, 2.75) is 25.2 Å². The Morgan fingerprint density at radius 1 is 1.27 bits per heavy atom. The summed E-state index contributed by atoms with van der Waals surface area (Å²) in [5.41, 5.74) is -3.56. The SMILES string of the molecule is CC(O)(Cn1ccc(C#N)c1)C(=O)Nc1ccc(C#N)c(C(F)(F)F)c1. The average Bonchev–Trinajstić information content (AvgIpc) is 3.00. The summed E-state index contributed by atoms with van der Waals surface area (Å²) in [7, 11) is 0. The molecule has 0 aliphatic carbocycles. The third kappa shape index (κ3) is 4.21. The minimum Gasteiger partial charge on any atom is -0.378 e. The monoisotopic (exact) mass is 362 g/mol. The van der Waals surface area contributed by atoms with E-state index in [9.17, 15) is 23.1 Å². The van der Waals surface area contributed by atoms with Crippen molar-refractivity contribution in [2.75, 3.05) is 5.32 Å². The molecule has 1 atom stereocenters. The van der Waals surface area contributed by atoms with Crippen LogP contribution in [0.3, 0.4) is 0 Å². The standard InChI is InChI=1S/C17H13F3N4O2/c1-16(26,10-24-5-4-11(7-21)9-24)15(25)23-13-3-2-12(8-22)14(6-13)17(18,19)20/h2-6,9,26H,10H2,1H3,(H,23,25). The molecule has 2 N–H and O–H groups in total. The fourth-order valence-electron chi connectivity index (χ4n) is 2.25. The molecule has 1 aromatic heterocycles. The molecule has 0 saturated carbocycles. The quantitative estimate of drug-likeness (QED) is 0.873. The summed E-state index contributed by atoms with van der Waals surface area (Å²) in [6, 6.07) is 7.55. The molecule has 0 aliphatic heterocycles. The molecule has 2 aromatic rings. The minimum absolute atomic E-state index is 0.202. The molecule has 2 rings (SSSR count). The Morgan fingerprint density at radius 2 is 1.96 bits per heavy atom. The number of alkyl halides is 3. The Kier molecular flexibility index (Phi) is 5.05. The number of rotatable bonds is 4. The molecule has 0 saturated heterocycles. The van der Waals surface area contributed by atoms with Crippen LogP contribution in [-0.2, 0) is 17.5 Å². The Labute approximate surface area is 146 Å². The molecule has 1 aromatic carbocycles. The number of anilines is 1. The number of carbonyl (C=O) groups is 1. The highest BCUT2D eigenvalue weighted by Crippen LogP contribution is 2.33. The molecule has 0 aliphatic rings. The first-order chi connectivity index (χ1) is 12.1. The molecule has 1 amide bonds. The molecule has 0 bridgehead atoms. The maximum atomic E-state index is 13.0. The van der Waals surface area contributed by atoms with E-state index in [1.165, 1.54) is 36.0 Å². The summed E-state index contributed by atoms with van der Waals surface area (Å²) in [6.45, 7) is 0.992. The number of nitrogens with one attached hydrogen (secondary N) is 1. The second kappa shape index (κ2) is 6.90. The Morgan fingerprint density at radius 3 is 2.50 bits per heavy atom. The summed E-state index contributed by atoms with van der Waals surface area (Å²) < 4.78 is 40.3. The van der Waals surface area contributed by atoms with E-state index >= 15 is 0 Å². The molecule has 0 radical (unpaired) electrons. The van der Waals surface area contributed by atoms with Gasteiger partial charge in [0.2, 0.25) is 0 Å². The van der Waals surface area contributed by atoms with E-state index in [1.807, 2.05) is 6.07 Å². The molecule has 9 heteroatoms. The normalized spacial score (nSPS) is 13.3. The van der Waals surface area contributed by atoms with E-state index < -0.39 is 28.8 Å². The number of hydrogen-bond donors (Lipinski definition) is 2. The minimum atomic E-state index is -4.76. The highest BCUT2D eigenvalue weighted by atomic mass is 19.4. The van der Waals surface area contributed by atoms with E-state index in [4.69, 9.17) is 10.5 Å². The maximum absolute atomic E-state index is 13.0. The van der Waals surface area contributed by atoms with E-state index in [0.29, 0.717) is 11.6 Å². The van der Waals surface area contributed by atoms with Crippen LogP contribution in [0, 0.1) is 22.7 Å². The number of halogens is 3. The van der Waals surface area contributed by atoms with Gasteiger partial charge in [0.25, 0.3) is 5.91 Å². The third-order valence-electron chi connectivity index (χ3n) is 3.56. The predicted molar refractivity (Wildman–Crippen MR) is 84.6 cm³/mol. The molecule has 26 heavy (non-hydrogen) atoms. The largest absolute Gasteiger partial charge is 0.417 e. The zero-order valence-electron chi connectivity index (χ0n) is 13.5. The summed E-state index contributed by atoms with van der Waals surface area (Å²) >= 11 is 0. The number of hydrogen-bond acceptors (Lipinski definition) is 4. The molecule has 0 spiro atoms. The van der Waals surface area contributed by atoms with Crippen molar-refractivity contribution < 1.29 is 23.1 Å². The van der Waals surface area contributed by atoms with Gasteiger partial charge >= 0.3 is 6.18 Å². The third-order valence-corrected chi connectivity index (χ3v) is 3.56. The smallest absolute Gasteiger partial charge is 0.378 e. The number of amides is 1. The number of aromatic nitrogens is 1. The topological polar surface area (TPSA) is 102 Å². The van der Waals surface area contributed by atoms with Gasteiger partial charge in [-0.1, -0.05) is 0 Å². The van der Waals surface area contributed by atoms with Gasteiger partial charge in [0.05, 0.1) is 29.3 Å². The fourth-order valence-corrected chi connectivity index (χ4v) is 2.25. The van der Waals surface area contributed by atoms with Crippen molar-refractivity contribution in [3.8, 4) is 12.1 Å². The van der Waals surface area contributed by atoms with Gasteiger partial charge in [-0.3, -0.25) is 4.79 Å². The van der Waals surface area contributed by atoms with Crippen LogP contribution < -0.4 is 5.32 Å². The first kappa shape index (κ1) is 19.0. The molecule has 6 nitrogen and oxygen atoms in total. The fraction of sp³-hybridized carbons (Fsp3) is 0.235. The summed E-state index contributed by atoms with van der Waals surface area (Å²) in [5, 5.41) is 30.1. The van der Waals surface area contributed by atoms with Gasteiger partial charge in [0.1, 0.15) is 6.07 Å². The van der Waals surface area contributed by atoms with E-state index in [-0.39, 0.29) is 12.2 Å². The Bertz CT molecular complexity index is 917. The van der Waals surface area contributed by atoms with Crippen molar-refractivity contribution in [3.63, 3.8) is 0 Å². The van der Waals surface area contributed by atoms with Crippen LogP contribution in [0.5, 0.6) is 0 Å². The van der Waals surface area contributed by atoms with Crippen LogP contribution in [0.1, 0.15) is 23.6 Å². The van der Waals surface area contributed by atoms with Gasteiger partial charge in [0.15, 0.2) is 5.60 Å². The van der Waals surface area contributed by atoms with E-state index in [2.05, 4.69) is 5.32 Å². The number of benzene rings is 1. The lowest BCUT2D eigenvalue weighted by molar-refractivity contribution is -0.138. The lowest BCUT2D eigenvalue weighted by Crippen LogP contribution is -2.43. The average molecular weight is 362 g/mol. The van der Waals surface area contributed by atoms with Crippen LogP contribution in [0.4, 0.5) is 18.9 Å². The van der Waals surface area contributed by atoms with Crippen molar-refractivity contribution in [3.05, 3.63) is 53.3 Å². The van der Waals surface area contributed by atoms with Gasteiger partial charge < -0.3 is 15.0 Å². The van der Waals surface area contributed by atoms with Gasteiger partial charge in [-0.2, -0.15) is 23.7 Å². The maximum Gasteiger partial charge on any atom is 0.417 e. The molecule has 0 fully saturated rings. The number of nitriles is 2. The van der Waals surface area contributed by atoms with Crippen molar-refractivity contribution >= 4 is 11.6 Å². The van der Waals surface area contributed by atoms with Crippen LogP contribution in [0.15, 0.2) is 36.7 Å². The first-order valence-corrected chi connectivity index (χ1v) is 7.28. The predicted octanol–water partition coefficient (Wildman–Crippen LogP) is 2.64. The summed E-state index contributed by atoms with van der Waals surface area (Å²) in [5.74, 6) is -0.928. The molecule has 1 heterocycles. The highest BCUT2D eigenvalue weighted by molar-refractivity contribution is 5.96. The van der Waals surface area contributed by atoms with Crippen LogP contribution in [0.25, 0.3) is 0 Å². The van der Waals surface area contributed by atoms with E-state index in [1.54, 1.807) is 0 Å². The Balaban J connectivity index is 2.20. The van der Waals surface area contributed by atoms with Gasteiger partial charge in [-0.05, 0) is 31.2 Å². The molecular weight excluding hydrogens is 349 g/mol. The zero-order chi connectivity index (χ0) is 19.5. The van der Waals surface area contributed by atoms with Crippen molar-refractivity contribution in [2.24, 2.45) is 0 Å². The van der Waals surface area contributed by atoms with Crippen LogP contribution in [0.2, 0.25) is 0 Å². The van der Waals surface area contributed by atoms with Crippen molar-refractivity contribution in [1.29, 1.82) is 10.5 Å². The van der Waals surface area contributed by atoms with Crippen molar-refractivity contribution in [1.82, 2.24) is 4.57 Å². The molecule has 1 unspecified atom stereocenters. The number of nitrogens with zero attached hydrogens (tertiary/aromatic N) is 3. The lowest BCUT2D eigenvalue weighted by Gasteiger charge is -2.23.